The van der Waals surface area contributed by atoms with Crippen LogP contribution in [0.3, 0.4) is 0 Å². The van der Waals surface area contributed by atoms with E-state index in [0.29, 0.717) is 30.2 Å². The molecule has 0 aromatic heterocycles. The van der Waals surface area contributed by atoms with Gasteiger partial charge in [-0.2, -0.15) is 0 Å². The quantitative estimate of drug-likeness (QED) is 0.268. The molecule has 0 aliphatic carbocycles. The molecule has 1 aliphatic heterocycles. The second kappa shape index (κ2) is 17.4. The molecule has 0 bridgehead atoms. The van der Waals surface area contributed by atoms with Crippen molar-refractivity contribution in [3.8, 4) is 11.5 Å². The number of urea groups is 1. The molecule has 4 rings (SSSR count). The monoisotopic (exact) mass is 696 g/mol. The Morgan fingerprint density at radius 1 is 1.06 bits per heavy atom. The largest absolute Gasteiger partial charge is 0.497 e. The maximum Gasteiger partial charge on any atom is 0.321 e. The Balaban J connectivity index is 1.60. The minimum Gasteiger partial charge on any atom is -0.497 e. The average molecular weight is 697 g/mol. The topological polar surface area (TPSA) is 147 Å². The van der Waals surface area contributed by atoms with Crippen LogP contribution in [0, 0.1) is 5.92 Å². The van der Waals surface area contributed by atoms with Crippen LogP contribution in [-0.2, 0) is 14.8 Å². The molecule has 1 aliphatic rings. The Labute approximate surface area is 289 Å². The Bertz CT molecular complexity index is 1640. The van der Waals surface area contributed by atoms with Gasteiger partial charge in [0.25, 0.3) is 15.9 Å². The predicted octanol–water partition coefficient (Wildman–Crippen LogP) is 5.46. The van der Waals surface area contributed by atoms with E-state index in [0.717, 1.165) is 12.8 Å². The molecule has 4 atom stereocenters. The maximum absolute atomic E-state index is 14.4. The molecule has 12 nitrogen and oxygen atoms in total. The van der Waals surface area contributed by atoms with Gasteiger partial charge in [-0.05, 0) is 87.7 Å². The zero-order valence-corrected chi connectivity index (χ0v) is 29.6. The molecule has 1 heterocycles. The van der Waals surface area contributed by atoms with Crippen molar-refractivity contribution in [3.05, 3.63) is 78.4 Å². The van der Waals surface area contributed by atoms with Crippen molar-refractivity contribution in [1.29, 1.82) is 0 Å². The average Bonchev–Trinajstić information content (AvgIpc) is 3.10. The lowest BCUT2D eigenvalue weighted by atomic mass is 10.0. The zero-order chi connectivity index (χ0) is 35.6. The highest BCUT2D eigenvalue weighted by Crippen LogP contribution is 2.29. The van der Waals surface area contributed by atoms with Gasteiger partial charge < -0.3 is 34.4 Å². The third-order valence-electron chi connectivity index (χ3n) is 8.50. The molecule has 266 valence electrons. The summed E-state index contributed by atoms with van der Waals surface area (Å²) in [5, 5.41) is 13.1. The molecule has 0 fully saturated rings. The van der Waals surface area contributed by atoms with E-state index >= 15 is 0 Å². The van der Waals surface area contributed by atoms with Crippen molar-refractivity contribution in [1.82, 2.24) is 9.80 Å². The van der Waals surface area contributed by atoms with Crippen molar-refractivity contribution in [2.24, 2.45) is 5.92 Å². The maximum atomic E-state index is 14.4. The van der Waals surface area contributed by atoms with Gasteiger partial charge in [-0.25, -0.2) is 13.2 Å². The summed E-state index contributed by atoms with van der Waals surface area (Å²) >= 11 is 0. The van der Waals surface area contributed by atoms with Crippen molar-refractivity contribution in [2.75, 3.05) is 50.5 Å². The summed E-state index contributed by atoms with van der Waals surface area (Å²) in [6.45, 7) is 6.20. The summed E-state index contributed by atoms with van der Waals surface area (Å²) in [6.07, 6.45) is 1.59. The number of ether oxygens (including phenoxy) is 3. The van der Waals surface area contributed by atoms with E-state index < -0.39 is 28.1 Å². The van der Waals surface area contributed by atoms with Gasteiger partial charge in [0.05, 0.1) is 42.4 Å². The molecular formula is C36H48N4O8S. The number of aliphatic hydroxyl groups is 1. The zero-order valence-electron chi connectivity index (χ0n) is 28.8. The van der Waals surface area contributed by atoms with Crippen molar-refractivity contribution >= 4 is 33.3 Å². The van der Waals surface area contributed by atoms with Gasteiger partial charge in [0.1, 0.15) is 11.5 Å². The summed E-state index contributed by atoms with van der Waals surface area (Å²) in [5.41, 5.74) is 0.980. The van der Waals surface area contributed by atoms with Gasteiger partial charge in [-0.15, -0.1) is 0 Å². The van der Waals surface area contributed by atoms with Crippen LogP contribution in [0.4, 0.5) is 16.2 Å². The number of carbonyl (C=O) groups excluding carboxylic acids is 2. The first-order valence-corrected chi connectivity index (χ1v) is 18.0. The molecule has 3 N–H and O–H groups in total. The van der Waals surface area contributed by atoms with Crippen LogP contribution in [-0.4, -0.2) is 94.0 Å². The van der Waals surface area contributed by atoms with Gasteiger partial charge in [0.2, 0.25) is 0 Å². The first-order chi connectivity index (χ1) is 23.4. The number of aliphatic hydroxyl groups excluding tert-OH is 1. The van der Waals surface area contributed by atoms with Gasteiger partial charge >= 0.3 is 6.03 Å². The minimum atomic E-state index is -3.92. The summed E-state index contributed by atoms with van der Waals surface area (Å²) in [7, 11) is -0.662. The van der Waals surface area contributed by atoms with E-state index in [1.54, 1.807) is 85.5 Å². The van der Waals surface area contributed by atoms with Gasteiger partial charge in [-0.3, -0.25) is 9.52 Å². The molecule has 3 aromatic carbocycles. The Morgan fingerprint density at radius 3 is 2.43 bits per heavy atom. The molecule has 0 saturated carbocycles. The highest BCUT2D eigenvalue weighted by molar-refractivity contribution is 7.92. The summed E-state index contributed by atoms with van der Waals surface area (Å²) < 4.78 is 46.6. The van der Waals surface area contributed by atoms with Gasteiger partial charge in [0.15, 0.2) is 0 Å². The lowest BCUT2D eigenvalue weighted by molar-refractivity contribution is -0.0115. The number of amides is 3. The molecule has 0 spiro atoms. The number of nitrogens with one attached hydrogen (secondary N) is 2. The second-order valence-corrected chi connectivity index (χ2v) is 14.2. The fourth-order valence-electron chi connectivity index (χ4n) is 5.51. The molecule has 13 heteroatoms. The number of benzene rings is 3. The molecule has 0 radical (unpaired) electrons. The lowest BCUT2D eigenvalue weighted by Gasteiger charge is -2.35. The SMILES string of the molecule is COc1ccc(NC(=O)N(C)C[C@@H]2OCCCC[C@H](C)Oc3ccc(NS(=O)(=O)c4ccccc4)cc3C(=O)N([C@H](C)CO)C[C@@H]2C)cc1. The lowest BCUT2D eigenvalue weighted by Crippen LogP contribution is -2.48. The third-order valence-corrected chi connectivity index (χ3v) is 9.90. The van der Waals surface area contributed by atoms with Crippen LogP contribution in [0.1, 0.15) is 50.4 Å². The van der Waals surface area contributed by atoms with Gasteiger partial charge in [0, 0.05) is 44.0 Å². The molecule has 49 heavy (non-hydrogen) atoms. The van der Waals surface area contributed by atoms with E-state index in [9.17, 15) is 23.1 Å². The van der Waals surface area contributed by atoms with E-state index in [4.69, 9.17) is 14.2 Å². The van der Waals surface area contributed by atoms with E-state index in [1.807, 2.05) is 13.8 Å². The van der Waals surface area contributed by atoms with Crippen LogP contribution in [0.15, 0.2) is 77.7 Å². The molecule has 3 amide bonds. The number of hydrogen-bond acceptors (Lipinski definition) is 8. The highest BCUT2D eigenvalue weighted by atomic mass is 32.2. The van der Waals surface area contributed by atoms with Crippen molar-refractivity contribution in [2.45, 2.75) is 63.2 Å². The van der Waals surface area contributed by atoms with Gasteiger partial charge in [-0.1, -0.05) is 25.1 Å². The Kier molecular flexibility index (Phi) is 13.3. The number of methoxy groups -OCH3 is 1. The first kappa shape index (κ1) is 37.5. The first-order valence-electron chi connectivity index (χ1n) is 16.5. The second-order valence-electron chi connectivity index (χ2n) is 12.5. The number of fused-ring (bicyclic) bond motifs is 1. The van der Waals surface area contributed by atoms with E-state index in [-0.39, 0.29) is 53.9 Å². The Morgan fingerprint density at radius 2 is 1.76 bits per heavy atom. The van der Waals surface area contributed by atoms with Crippen LogP contribution in [0.5, 0.6) is 11.5 Å². The van der Waals surface area contributed by atoms with Crippen LogP contribution >= 0.6 is 0 Å². The van der Waals surface area contributed by atoms with Crippen molar-refractivity contribution in [3.63, 3.8) is 0 Å². The smallest absolute Gasteiger partial charge is 0.321 e. The van der Waals surface area contributed by atoms with Crippen LogP contribution < -0.4 is 19.5 Å². The molecule has 3 aromatic rings. The summed E-state index contributed by atoms with van der Waals surface area (Å²) in [4.78, 5) is 30.7. The summed E-state index contributed by atoms with van der Waals surface area (Å²) in [5.74, 6) is 0.304. The highest BCUT2D eigenvalue weighted by Gasteiger charge is 2.31. The van der Waals surface area contributed by atoms with Crippen LogP contribution in [0.25, 0.3) is 0 Å². The van der Waals surface area contributed by atoms with Crippen molar-refractivity contribution < 1.29 is 37.3 Å². The third kappa shape index (κ3) is 10.3. The number of anilines is 2. The minimum absolute atomic E-state index is 0.0873. The standard InChI is InChI=1S/C36H48N4O8S/c1-25-22-40(26(2)24-41)35(42)32-21-29(38-49(44,45)31-12-7-6-8-13-31)16-19-33(32)48-27(3)11-9-10-20-47-34(25)23-39(4)36(43)37-28-14-17-30(46-5)18-15-28/h6-8,12-19,21,25-27,34,38,41H,9-11,20,22-24H2,1-5H3,(H,37,43)/t25-,26+,27-,34-/m0/s1. The number of hydrogen-bond donors (Lipinski definition) is 3. The summed E-state index contributed by atoms with van der Waals surface area (Å²) in [6, 6.07) is 18.7. The number of sulfonamides is 1. The fourth-order valence-corrected chi connectivity index (χ4v) is 6.58. The number of carbonyl (C=O) groups is 2. The predicted molar refractivity (Wildman–Crippen MR) is 189 cm³/mol. The number of nitrogens with zero attached hydrogens (tertiary/aromatic N) is 2. The van der Waals surface area contributed by atoms with E-state index in [2.05, 4.69) is 10.0 Å². The normalized spacial score (nSPS) is 19.8. The van der Waals surface area contributed by atoms with Crippen LogP contribution in [0.2, 0.25) is 0 Å². The Hall–Kier alpha value is -4.33. The van der Waals surface area contributed by atoms with E-state index in [1.165, 1.54) is 18.2 Å². The fraction of sp³-hybridized carbons (Fsp3) is 0.444. The molecule has 0 saturated heterocycles. The molecule has 0 unspecified atom stereocenters. The number of rotatable bonds is 9. The number of likely N-dealkylation sites (N-methyl/N-ethyl adjacent to an activating group) is 1. The molecular weight excluding hydrogens is 648 g/mol.